The van der Waals surface area contributed by atoms with Crippen LogP contribution in [0.1, 0.15) is 18.4 Å². The molecule has 3 rings (SSSR count). The van der Waals surface area contributed by atoms with Gasteiger partial charge >= 0.3 is 0 Å². The Bertz CT molecular complexity index is 668. The first-order chi connectivity index (χ1) is 11.7. The Balaban J connectivity index is 1.43. The Morgan fingerprint density at radius 2 is 1.96 bits per heavy atom. The van der Waals surface area contributed by atoms with Gasteiger partial charge in [-0.05, 0) is 24.8 Å². The van der Waals surface area contributed by atoms with Gasteiger partial charge < -0.3 is 16.0 Å². The number of nitrogens with two attached hydrogens (primary N) is 1. The number of piperidine rings is 1. The Kier molecular flexibility index (Phi) is 5.25. The maximum absolute atomic E-state index is 12.3. The summed E-state index contributed by atoms with van der Waals surface area (Å²) in [6.45, 7) is 2.29. The molecule has 0 aliphatic carbocycles. The number of hydrogen-bond donors (Lipinski definition) is 2. The van der Waals surface area contributed by atoms with E-state index in [1.165, 1.54) is 11.8 Å². The molecule has 2 heterocycles. The minimum absolute atomic E-state index is 0.0750. The van der Waals surface area contributed by atoms with Crippen molar-refractivity contribution >= 4 is 17.5 Å². The van der Waals surface area contributed by atoms with Gasteiger partial charge in [0.15, 0.2) is 0 Å². The van der Waals surface area contributed by atoms with Gasteiger partial charge in [-0.3, -0.25) is 9.78 Å². The summed E-state index contributed by atoms with van der Waals surface area (Å²) in [6.07, 6.45) is 5.78. The maximum Gasteiger partial charge on any atom is 0.223 e. The molecule has 0 unspecified atom stereocenters. The zero-order valence-electron chi connectivity index (χ0n) is 13.7. The fourth-order valence-electron chi connectivity index (χ4n) is 3.01. The number of aromatic nitrogens is 2. The molecule has 6 nitrogen and oxygen atoms in total. The van der Waals surface area contributed by atoms with Crippen LogP contribution in [-0.4, -0.2) is 35.5 Å². The first-order valence-corrected chi connectivity index (χ1v) is 8.36. The van der Waals surface area contributed by atoms with Crippen molar-refractivity contribution in [2.75, 3.05) is 30.3 Å². The Morgan fingerprint density at radius 1 is 1.21 bits per heavy atom. The van der Waals surface area contributed by atoms with E-state index in [0.717, 1.165) is 38.2 Å². The summed E-state index contributed by atoms with van der Waals surface area (Å²) in [5, 5.41) is 3.06. The van der Waals surface area contributed by atoms with Gasteiger partial charge in [0.05, 0.1) is 12.4 Å². The number of nitrogens with one attached hydrogen (secondary N) is 1. The predicted molar refractivity (Wildman–Crippen MR) is 94.5 cm³/mol. The van der Waals surface area contributed by atoms with Crippen LogP contribution in [0.3, 0.4) is 0 Å². The third kappa shape index (κ3) is 4.22. The second-order valence-corrected chi connectivity index (χ2v) is 6.09. The predicted octanol–water partition coefficient (Wildman–Crippen LogP) is 1.63. The first-order valence-electron chi connectivity index (χ1n) is 8.36. The minimum atomic E-state index is 0.0750. The highest BCUT2D eigenvalue weighted by molar-refractivity contribution is 5.79. The smallest absolute Gasteiger partial charge is 0.223 e. The molecule has 0 atom stereocenters. The number of carbonyl (C=O) groups is 1. The second kappa shape index (κ2) is 7.77. The monoisotopic (exact) mass is 325 g/mol. The molecular formula is C18H23N5O. The number of nitrogen functional groups attached to an aromatic ring is 1. The summed E-state index contributed by atoms with van der Waals surface area (Å²) in [7, 11) is 0. The molecule has 0 saturated carbocycles. The molecule has 1 saturated heterocycles. The number of nitrogens with zero attached hydrogens (tertiary/aromatic N) is 3. The van der Waals surface area contributed by atoms with Gasteiger partial charge in [-0.2, -0.15) is 0 Å². The normalized spacial score (nSPS) is 15.2. The van der Waals surface area contributed by atoms with E-state index in [0.29, 0.717) is 12.4 Å². The molecule has 0 bridgehead atoms. The Labute approximate surface area is 142 Å². The summed E-state index contributed by atoms with van der Waals surface area (Å²) in [4.78, 5) is 22.8. The van der Waals surface area contributed by atoms with E-state index in [-0.39, 0.29) is 11.8 Å². The van der Waals surface area contributed by atoms with Gasteiger partial charge in [0.25, 0.3) is 0 Å². The average Bonchev–Trinajstić information content (AvgIpc) is 2.63. The van der Waals surface area contributed by atoms with Crippen LogP contribution in [-0.2, 0) is 11.2 Å². The van der Waals surface area contributed by atoms with E-state index in [4.69, 9.17) is 5.73 Å². The molecule has 126 valence electrons. The van der Waals surface area contributed by atoms with E-state index < -0.39 is 0 Å². The van der Waals surface area contributed by atoms with Crippen LogP contribution in [0.4, 0.5) is 11.6 Å². The highest BCUT2D eigenvalue weighted by atomic mass is 16.1. The van der Waals surface area contributed by atoms with Crippen LogP contribution >= 0.6 is 0 Å². The molecule has 1 fully saturated rings. The summed E-state index contributed by atoms with van der Waals surface area (Å²) in [5.74, 6) is 1.45. The van der Waals surface area contributed by atoms with Gasteiger partial charge in [-0.15, -0.1) is 0 Å². The molecule has 1 aliphatic rings. The first kappa shape index (κ1) is 16.2. The van der Waals surface area contributed by atoms with Crippen molar-refractivity contribution in [3.05, 3.63) is 48.3 Å². The molecule has 1 amide bonds. The van der Waals surface area contributed by atoms with Crippen LogP contribution in [0.5, 0.6) is 0 Å². The van der Waals surface area contributed by atoms with E-state index in [1.807, 2.05) is 18.2 Å². The molecule has 3 N–H and O–H groups in total. The maximum atomic E-state index is 12.3. The second-order valence-electron chi connectivity index (χ2n) is 6.09. The molecule has 6 heteroatoms. The molecule has 1 aromatic heterocycles. The lowest BCUT2D eigenvalue weighted by molar-refractivity contribution is -0.125. The van der Waals surface area contributed by atoms with E-state index in [9.17, 15) is 4.79 Å². The Morgan fingerprint density at radius 3 is 2.67 bits per heavy atom. The molecule has 24 heavy (non-hydrogen) atoms. The highest BCUT2D eigenvalue weighted by Gasteiger charge is 2.25. The lowest BCUT2D eigenvalue weighted by Crippen LogP contribution is -2.41. The standard InChI is InChI=1S/C18H23N5O/c19-16-12-20-13-17(22-16)23-10-7-15(8-11-23)18(24)21-9-6-14-4-2-1-3-5-14/h1-5,12-13,15H,6-11H2,(H2,19,22)(H,21,24). The zero-order chi connectivity index (χ0) is 16.8. The largest absolute Gasteiger partial charge is 0.382 e. The van der Waals surface area contributed by atoms with Gasteiger partial charge in [0.2, 0.25) is 5.91 Å². The number of amides is 1. The molecule has 1 aliphatic heterocycles. The van der Waals surface area contributed by atoms with Crippen molar-refractivity contribution in [2.45, 2.75) is 19.3 Å². The fraction of sp³-hybridized carbons (Fsp3) is 0.389. The number of hydrogen-bond acceptors (Lipinski definition) is 5. The molecule has 0 radical (unpaired) electrons. The fourth-order valence-corrected chi connectivity index (χ4v) is 3.01. The van der Waals surface area contributed by atoms with Crippen molar-refractivity contribution in [2.24, 2.45) is 5.92 Å². The summed E-state index contributed by atoms with van der Waals surface area (Å²) < 4.78 is 0. The summed E-state index contributed by atoms with van der Waals surface area (Å²) in [6, 6.07) is 10.2. The molecule has 0 spiro atoms. The zero-order valence-corrected chi connectivity index (χ0v) is 13.7. The quantitative estimate of drug-likeness (QED) is 0.873. The van der Waals surface area contributed by atoms with Crippen LogP contribution in [0.25, 0.3) is 0 Å². The topological polar surface area (TPSA) is 84.1 Å². The van der Waals surface area contributed by atoms with Crippen molar-refractivity contribution in [3.63, 3.8) is 0 Å². The average molecular weight is 325 g/mol. The van der Waals surface area contributed by atoms with Crippen molar-refractivity contribution in [1.29, 1.82) is 0 Å². The van der Waals surface area contributed by atoms with Crippen molar-refractivity contribution in [3.8, 4) is 0 Å². The van der Waals surface area contributed by atoms with Crippen LogP contribution in [0.2, 0.25) is 0 Å². The van der Waals surface area contributed by atoms with Gasteiger partial charge in [0.1, 0.15) is 11.6 Å². The van der Waals surface area contributed by atoms with Crippen molar-refractivity contribution in [1.82, 2.24) is 15.3 Å². The highest BCUT2D eigenvalue weighted by Crippen LogP contribution is 2.21. The number of anilines is 2. The number of carbonyl (C=O) groups excluding carboxylic acids is 1. The summed E-state index contributed by atoms with van der Waals surface area (Å²) >= 11 is 0. The van der Waals surface area contributed by atoms with E-state index in [2.05, 4.69) is 32.3 Å². The van der Waals surface area contributed by atoms with Gasteiger partial charge in [-0.25, -0.2) is 4.98 Å². The third-order valence-corrected chi connectivity index (χ3v) is 4.39. The van der Waals surface area contributed by atoms with Crippen LogP contribution in [0.15, 0.2) is 42.7 Å². The van der Waals surface area contributed by atoms with Crippen LogP contribution < -0.4 is 16.0 Å². The minimum Gasteiger partial charge on any atom is -0.382 e. The molecular weight excluding hydrogens is 302 g/mol. The van der Waals surface area contributed by atoms with Crippen molar-refractivity contribution < 1.29 is 4.79 Å². The molecule has 1 aromatic carbocycles. The SMILES string of the molecule is Nc1cncc(N2CCC(C(=O)NCCc3ccccc3)CC2)n1. The lowest BCUT2D eigenvalue weighted by Gasteiger charge is -2.32. The van der Waals surface area contributed by atoms with Crippen LogP contribution in [0, 0.1) is 5.92 Å². The van der Waals surface area contributed by atoms with E-state index in [1.54, 1.807) is 6.20 Å². The van der Waals surface area contributed by atoms with E-state index >= 15 is 0 Å². The number of rotatable bonds is 5. The lowest BCUT2D eigenvalue weighted by atomic mass is 9.96. The third-order valence-electron chi connectivity index (χ3n) is 4.39. The van der Waals surface area contributed by atoms with Gasteiger partial charge in [0, 0.05) is 25.6 Å². The number of benzene rings is 1. The Hall–Kier alpha value is -2.63. The summed E-state index contributed by atoms with van der Waals surface area (Å²) in [5.41, 5.74) is 6.92. The molecule has 2 aromatic rings. The van der Waals surface area contributed by atoms with Gasteiger partial charge in [-0.1, -0.05) is 30.3 Å².